The summed E-state index contributed by atoms with van der Waals surface area (Å²) in [5, 5.41) is 27.4. The molecule has 106 valence electrons. The number of fused-ring (bicyclic) bond motifs is 3. The van der Waals surface area contributed by atoms with Gasteiger partial charge in [-0.2, -0.15) is 20.8 Å². The van der Waals surface area contributed by atoms with Gasteiger partial charge in [0, 0.05) is 5.56 Å². The third-order valence-corrected chi connectivity index (χ3v) is 3.72. The van der Waals surface area contributed by atoms with Gasteiger partial charge < -0.3 is 0 Å². The van der Waals surface area contributed by atoms with E-state index < -0.39 is 0 Å². The molecule has 0 amide bonds. The Morgan fingerprint density at radius 1 is 0.750 bits per heavy atom. The number of aliphatic imine (C=N–C) groups is 1. The van der Waals surface area contributed by atoms with Crippen LogP contribution in [0.15, 0.2) is 29.3 Å². The van der Waals surface area contributed by atoms with Crippen molar-refractivity contribution < 1.29 is 0 Å². The molecule has 0 aliphatic heterocycles. The summed E-state index contributed by atoms with van der Waals surface area (Å²) in [5.74, 6) is 0. The molecule has 6 nitrogen and oxygen atoms in total. The second-order valence-electron chi connectivity index (χ2n) is 4.84. The van der Waals surface area contributed by atoms with Crippen molar-refractivity contribution >= 4 is 17.1 Å². The number of rotatable bonds is 0. The maximum atomic E-state index is 9.21. The van der Waals surface area contributed by atoms with Crippen molar-refractivity contribution in [1.29, 1.82) is 15.8 Å². The van der Waals surface area contributed by atoms with Crippen molar-refractivity contribution in [2.24, 2.45) is 4.99 Å². The first kappa shape index (κ1) is 14.5. The Labute approximate surface area is 137 Å². The van der Waals surface area contributed by atoms with Crippen LogP contribution in [0.4, 0.5) is 11.4 Å². The normalized spacial score (nSPS) is 12.0. The third kappa shape index (κ3) is 1.88. The van der Waals surface area contributed by atoms with E-state index in [0.29, 0.717) is 28.0 Å². The molecule has 1 aliphatic carbocycles. The fraction of sp³-hybridized carbons (Fsp3) is 0. The van der Waals surface area contributed by atoms with E-state index in [1.54, 1.807) is 18.3 Å². The van der Waals surface area contributed by atoms with Gasteiger partial charge in [0.25, 0.3) is 0 Å². The van der Waals surface area contributed by atoms with Crippen molar-refractivity contribution in [2.45, 2.75) is 0 Å². The molecule has 1 aliphatic rings. The molecule has 0 saturated carbocycles. The Kier molecular flexibility index (Phi) is 3.26. The van der Waals surface area contributed by atoms with Gasteiger partial charge in [-0.15, -0.1) is 0 Å². The van der Waals surface area contributed by atoms with E-state index in [1.807, 2.05) is 12.1 Å². The summed E-state index contributed by atoms with van der Waals surface area (Å²) in [4.78, 5) is 10.5. The highest BCUT2D eigenvalue weighted by atomic mass is 14.8. The van der Waals surface area contributed by atoms with Crippen molar-refractivity contribution in [3.63, 3.8) is 0 Å². The van der Waals surface area contributed by atoms with Gasteiger partial charge in [-0.05, 0) is 28.8 Å². The van der Waals surface area contributed by atoms with E-state index in [-0.39, 0.29) is 22.5 Å². The zero-order valence-electron chi connectivity index (χ0n) is 12.0. The smallest absolute Gasteiger partial charge is 0.206 e. The fourth-order valence-electron chi connectivity index (χ4n) is 2.69. The Morgan fingerprint density at radius 2 is 1.21 bits per heavy atom. The Balaban J connectivity index is 2.46. The predicted molar refractivity (Wildman–Crippen MR) is 85.1 cm³/mol. The molecule has 0 radical (unpaired) electrons. The van der Waals surface area contributed by atoms with Crippen LogP contribution in [0.25, 0.3) is 20.8 Å². The van der Waals surface area contributed by atoms with E-state index in [1.165, 1.54) is 12.1 Å². The lowest BCUT2D eigenvalue weighted by Gasteiger charge is -2.04. The van der Waals surface area contributed by atoms with Gasteiger partial charge in [-0.3, -0.25) is 9.69 Å². The molecule has 6 heteroatoms. The molecular formula is C18H4N6. The van der Waals surface area contributed by atoms with Gasteiger partial charge >= 0.3 is 0 Å². The fourth-order valence-corrected chi connectivity index (χ4v) is 2.69. The quantitative estimate of drug-likeness (QED) is 0.466. The zero-order valence-corrected chi connectivity index (χ0v) is 12.0. The van der Waals surface area contributed by atoms with E-state index in [0.717, 1.165) is 0 Å². The Morgan fingerprint density at radius 3 is 1.71 bits per heavy atom. The largest absolute Gasteiger partial charge is 0.250 e. The average Bonchev–Trinajstić information content (AvgIpc) is 2.91. The number of nitrogens with zero attached hydrogens (tertiary/aromatic N) is 6. The topological polar surface area (TPSA) is 92.4 Å². The van der Waals surface area contributed by atoms with Crippen LogP contribution < -0.4 is 0 Å². The monoisotopic (exact) mass is 304 g/mol. The summed E-state index contributed by atoms with van der Waals surface area (Å²) in [6.07, 6.45) is 1.73. The van der Waals surface area contributed by atoms with Crippen molar-refractivity contribution in [3.05, 3.63) is 69.4 Å². The minimum Gasteiger partial charge on any atom is -0.250 e. The summed E-state index contributed by atoms with van der Waals surface area (Å²) in [6, 6.07) is 10.1. The van der Waals surface area contributed by atoms with Gasteiger partial charge in [0.05, 0.1) is 30.0 Å². The standard InChI is InChI=1S/C18H4N6/c1-22-16-5-13-12-3-10(7-19)11(8-20)4-14(12)18(24-9-21)15(13)6-17(16)23-2/h3-6H. The van der Waals surface area contributed by atoms with Crippen LogP contribution in [0.2, 0.25) is 0 Å². The molecule has 0 fully saturated rings. The Hall–Kier alpha value is -4.44. The minimum atomic E-state index is 0.170. The predicted octanol–water partition coefficient (Wildman–Crippen LogP) is 3.83. The van der Waals surface area contributed by atoms with Crippen molar-refractivity contribution in [3.8, 4) is 29.5 Å². The maximum Gasteiger partial charge on any atom is 0.206 e. The molecule has 0 saturated heterocycles. The molecule has 0 spiro atoms. The number of hydrogen-bond acceptors (Lipinski definition) is 4. The van der Waals surface area contributed by atoms with Gasteiger partial charge in [-0.25, -0.2) is 0 Å². The van der Waals surface area contributed by atoms with Crippen LogP contribution in [0.3, 0.4) is 0 Å². The van der Waals surface area contributed by atoms with E-state index in [2.05, 4.69) is 14.7 Å². The average molecular weight is 304 g/mol. The molecule has 24 heavy (non-hydrogen) atoms. The number of benzene rings is 2. The van der Waals surface area contributed by atoms with Crippen molar-refractivity contribution in [2.75, 3.05) is 0 Å². The molecule has 0 heterocycles. The molecule has 0 aromatic heterocycles. The third-order valence-electron chi connectivity index (χ3n) is 3.72. The van der Waals surface area contributed by atoms with Gasteiger partial charge in [-0.1, -0.05) is 12.1 Å². The van der Waals surface area contributed by atoms with Gasteiger partial charge in [0.15, 0.2) is 11.4 Å². The lowest BCUT2D eigenvalue weighted by molar-refractivity contribution is 1.42. The maximum absolute atomic E-state index is 9.21. The van der Waals surface area contributed by atoms with Crippen LogP contribution in [0.1, 0.15) is 22.3 Å². The number of hydrogen-bond donors (Lipinski definition) is 0. The Bertz CT molecular complexity index is 1070. The summed E-state index contributed by atoms with van der Waals surface area (Å²) in [6.45, 7) is 14.4. The van der Waals surface area contributed by atoms with E-state index in [4.69, 9.17) is 18.4 Å². The van der Waals surface area contributed by atoms with Gasteiger partial charge in [0.2, 0.25) is 6.19 Å². The van der Waals surface area contributed by atoms with Crippen LogP contribution in [0, 0.1) is 47.3 Å². The number of nitriles is 3. The van der Waals surface area contributed by atoms with Crippen LogP contribution in [-0.2, 0) is 0 Å². The molecule has 0 N–H and O–H groups in total. The van der Waals surface area contributed by atoms with E-state index >= 15 is 0 Å². The summed E-state index contributed by atoms with van der Waals surface area (Å²) >= 11 is 0. The second kappa shape index (κ2) is 5.40. The van der Waals surface area contributed by atoms with Gasteiger partial charge in [0.1, 0.15) is 12.1 Å². The summed E-state index contributed by atoms with van der Waals surface area (Å²) in [5.41, 5.74) is 3.42. The molecule has 3 rings (SSSR count). The lowest BCUT2D eigenvalue weighted by Crippen LogP contribution is -1.99. The molecule has 0 bridgehead atoms. The first-order valence-corrected chi connectivity index (χ1v) is 6.57. The lowest BCUT2D eigenvalue weighted by atomic mass is 9.99. The first-order chi connectivity index (χ1) is 11.7. The molecule has 0 atom stereocenters. The first-order valence-electron chi connectivity index (χ1n) is 6.57. The highest BCUT2D eigenvalue weighted by Crippen LogP contribution is 2.44. The van der Waals surface area contributed by atoms with Crippen molar-refractivity contribution in [1.82, 2.24) is 0 Å². The summed E-state index contributed by atoms with van der Waals surface area (Å²) < 4.78 is 0. The highest BCUT2D eigenvalue weighted by molar-refractivity contribution is 6.26. The molecule has 2 aromatic carbocycles. The van der Waals surface area contributed by atoms with Crippen LogP contribution in [-0.4, -0.2) is 5.71 Å². The SMILES string of the molecule is [C-]#[N+]c1cc2c(cc1[N+]#[C-])-c1cc(C#N)c(C#N)cc1C2=NC#N. The molecular weight excluding hydrogens is 300 g/mol. The molecule has 0 unspecified atom stereocenters. The van der Waals surface area contributed by atoms with E-state index in [9.17, 15) is 10.5 Å². The second-order valence-corrected chi connectivity index (χ2v) is 4.84. The zero-order chi connectivity index (χ0) is 17.3. The summed E-state index contributed by atoms with van der Waals surface area (Å²) in [7, 11) is 0. The highest BCUT2D eigenvalue weighted by Gasteiger charge is 2.28. The van der Waals surface area contributed by atoms with Crippen LogP contribution >= 0.6 is 0 Å². The minimum absolute atomic E-state index is 0.170. The molecule has 2 aromatic rings. The van der Waals surface area contributed by atoms with Crippen LogP contribution in [0.5, 0.6) is 0 Å².